The molecule has 0 fully saturated rings. The molecule has 4 nitrogen and oxygen atoms in total. The molecule has 0 aliphatic rings. The van der Waals surface area contributed by atoms with Crippen molar-refractivity contribution in [2.75, 3.05) is 0 Å². The van der Waals surface area contributed by atoms with Crippen LogP contribution in [0.25, 0.3) is 0 Å². The number of hydrogen-bond acceptors (Lipinski definition) is 4. The van der Waals surface area contributed by atoms with Crippen LogP contribution >= 0.6 is 0 Å². The van der Waals surface area contributed by atoms with Gasteiger partial charge < -0.3 is 0 Å². The van der Waals surface area contributed by atoms with Gasteiger partial charge in [0, 0.05) is 0 Å². The van der Waals surface area contributed by atoms with E-state index in [1.807, 2.05) is 6.92 Å². The molecule has 0 amide bonds. The SMILES string of the molecule is CCCCCCCCCCCCCCCCC(C)OOS(=O)(=O)c1ccccc1. The molecule has 0 aliphatic heterocycles. The molecule has 0 heterocycles. The monoisotopic (exact) mass is 426 g/mol. The predicted octanol–water partition coefficient (Wildman–Crippen LogP) is 7.58. The van der Waals surface area contributed by atoms with Crippen LogP contribution in [0.15, 0.2) is 35.2 Å². The number of rotatable bonds is 19. The summed E-state index contributed by atoms with van der Waals surface area (Å²) in [6, 6.07) is 8.08. The zero-order valence-electron chi connectivity index (χ0n) is 18.6. The lowest BCUT2D eigenvalue weighted by Crippen LogP contribution is -2.14. The third-order valence-corrected chi connectivity index (χ3v) is 6.40. The third kappa shape index (κ3) is 13.8. The van der Waals surface area contributed by atoms with Crippen molar-refractivity contribution in [1.82, 2.24) is 0 Å². The lowest BCUT2D eigenvalue weighted by Gasteiger charge is -2.11. The first-order chi connectivity index (χ1) is 14.1. The summed E-state index contributed by atoms with van der Waals surface area (Å²) >= 11 is 0. The topological polar surface area (TPSA) is 52.6 Å². The van der Waals surface area contributed by atoms with Gasteiger partial charge in [0.25, 0.3) is 0 Å². The van der Waals surface area contributed by atoms with E-state index < -0.39 is 10.1 Å². The van der Waals surface area contributed by atoms with E-state index in [2.05, 4.69) is 6.92 Å². The fraction of sp³-hybridized carbons (Fsp3) is 0.750. The molecule has 0 N–H and O–H groups in total. The zero-order valence-corrected chi connectivity index (χ0v) is 19.4. The maximum Gasteiger partial charge on any atom is 0.323 e. The van der Waals surface area contributed by atoms with Gasteiger partial charge in [-0.3, -0.25) is 0 Å². The van der Waals surface area contributed by atoms with Crippen molar-refractivity contribution in [2.24, 2.45) is 0 Å². The van der Waals surface area contributed by atoms with Crippen LogP contribution in [0.1, 0.15) is 110 Å². The van der Waals surface area contributed by atoms with E-state index in [0.717, 1.165) is 19.3 Å². The third-order valence-electron chi connectivity index (χ3n) is 5.29. The van der Waals surface area contributed by atoms with Crippen LogP contribution in [0.3, 0.4) is 0 Å². The summed E-state index contributed by atoms with van der Waals surface area (Å²) < 4.78 is 28.7. The largest absolute Gasteiger partial charge is 0.323 e. The van der Waals surface area contributed by atoms with Gasteiger partial charge >= 0.3 is 10.1 Å². The second-order valence-corrected chi connectivity index (χ2v) is 9.64. The smallest absolute Gasteiger partial charge is 0.217 e. The minimum absolute atomic E-state index is 0.115. The summed E-state index contributed by atoms with van der Waals surface area (Å²) in [6.45, 7) is 4.12. The molecule has 1 aromatic rings. The van der Waals surface area contributed by atoms with Crippen molar-refractivity contribution >= 4 is 10.1 Å². The van der Waals surface area contributed by atoms with Crippen LogP contribution in [0.2, 0.25) is 0 Å². The first kappa shape index (κ1) is 26.1. The Balaban J connectivity index is 1.91. The molecule has 0 aromatic heterocycles. The molecule has 0 aliphatic carbocycles. The summed E-state index contributed by atoms with van der Waals surface area (Å²) in [5.41, 5.74) is 0. The van der Waals surface area contributed by atoms with Gasteiger partial charge in [0.05, 0.1) is 11.0 Å². The molecule has 168 valence electrons. The van der Waals surface area contributed by atoms with Crippen molar-refractivity contribution in [2.45, 2.75) is 121 Å². The van der Waals surface area contributed by atoms with E-state index in [-0.39, 0.29) is 11.0 Å². The van der Waals surface area contributed by atoms with Gasteiger partial charge in [-0.15, -0.1) is 4.33 Å². The van der Waals surface area contributed by atoms with Gasteiger partial charge in [-0.05, 0) is 25.5 Å². The van der Waals surface area contributed by atoms with Gasteiger partial charge in [0.1, 0.15) is 0 Å². The Hall–Kier alpha value is -0.910. The van der Waals surface area contributed by atoms with Crippen molar-refractivity contribution in [3.05, 3.63) is 30.3 Å². The second kappa shape index (κ2) is 16.8. The molecule has 0 bridgehead atoms. The molecular weight excluding hydrogens is 384 g/mol. The normalized spacial score (nSPS) is 12.9. The zero-order chi connectivity index (χ0) is 21.2. The van der Waals surface area contributed by atoms with E-state index in [4.69, 9.17) is 9.22 Å². The Labute approximate surface area is 179 Å². The van der Waals surface area contributed by atoms with Crippen LogP contribution in [-0.4, -0.2) is 14.5 Å². The number of unbranched alkanes of at least 4 members (excludes halogenated alkanes) is 13. The van der Waals surface area contributed by atoms with Crippen LogP contribution < -0.4 is 0 Å². The lowest BCUT2D eigenvalue weighted by atomic mass is 10.0. The average Bonchev–Trinajstić information content (AvgIpc) is 2.73. The molecule has 5 heteroatoms. The van der Waals surface area contributed by atoms with Gasteiger partial charge in [-0.1, -0.05) is 115 Å². The van der Waals surface area contributed by atoms with E-state index in [1.165, 1.54) is 89.2 Å². The summed E-state index contributed by atoms with van der Waals surface area (Å²) in [4.78, 5) is 5.20. The van der Waals surface area contributed by atoms with E-state index in [9.17, 15) is 8.42 Å². The molecule has 1 aromatic carbocycles. The Morgan fingerprint density at radius 1 is 0.724 bits per heavy atom. The fourth-order valence-corrected chi connectivity index (χ4v) is 4.23. The van der Waals surface area contributed by atoms with Crippen molar-refractivity contribution < 1.29 is 17.6 Å². The van der Waals surface area contributed by atoms with E-state index >= 15 is 0 Å². The number of benzene rings is 1. The van der Waals surface area contributed by atoms with Crippen molar-refractivity contribution in [3.63, 3.8) is 0 Å². The predicted molar refractivity (Wildman–Crippen MR) is 120 cm³/mol. The molecular formula is C24H42O4S. The number of hydrogen-bond donors (Lipinski definition) is 0. The molecule has 0 saturated carbocycles. The maximum absolute atomic E-state index is 12.0. The Morgan fingerprint density at radius 3 is 1.66 bits per heavy atom. The van der Waals surface area contributed by atoms with Gasteiger partial charge in [-0.25, -0.2) is 4.89 Å². The second-order valence-electron chi connectivity index (χ2n) is 8.13. The highest BCUT2D eigenvalue weighted by molar-refractivity contribution is 7.86. The van der Waals surface area contributed by atoms with Gasteiger partial charge in [-0.2, -0.15) is 8.42 Å². The Morgan fingerprint density at radius 2 is 1.17 bits per heavy atom. The fourth-order valence-electron chi connectivity index (χ4n) is 3.42. The minimum Gasteiger partial charge on any atom is -0.217 e. The molecule has 1 unspecified atom stereocenters. The summed E-state index contributed by atoms with van der Waals surface area (Å²) in [5.74, 6) is 0. The van der Waals surface area contributed by atoms with Crippen LogP contribution in [0, 0.1) is 0 Å². The van der Waals surface area contributed by atoms with E-state index in [0.29, 0.717) is 0 Å². The first-order valence-electron chi connectivity index (χ1n) is 11.7. The average molecular weight is 427 g/mol. The van der Waals surface area contributed by atoms with Crippen molar-refractivity contribution in [3.8, 4) is 0 Å². The highest BCUT2D eigenvalue weighted by atomic mass is 32.2. The highest BCUT2D eigenvalue weighted by Gasteiger charge is 2.17. The quantitative estimate of drug-likeness (QED) is 0.130. The molecule has 29 heavy (non-hydrogen) atoms. The van der Waals surface area contributed by atoms with E-state index in [1.54, 1.807) is 18.2 Å². The Kier molecular flexibility index (Phi) is 15.2. The van der Waals surface area contributed by atoms with Crippen molar-refractivity contribution in [1.29, 1.82) is 0 Å². The minimum atomic E-state index is -3.84. The molecule has 0 saturated heterocycles. The lowest BCUT2D eigenvalue weighted by molar-refractivity contribution is -0.236. The summed E-state index contributed by atoms with van der Waals surface area (Å²) in [7, 11) is -3.84. The summed E-state index contributed by atoms with van der Waals surface area (Å²) in [5, 5.41) is 0. The Bertz CT molecular complexity index is 586. The van der Waals surface area contributed by atoms with Crippen LogP contribution in [0.4, 0.5) is 0 Å². The summed E-state index contributed by atoms with van der Waals surface area (Å²) in [6.07, 6.45) is 19.2. The van der Waals surface area contributed by atoms with Gasteiger partial charge in [0.2, 0.25) is 0 Å². The molecule has 1 atom stereocenters. The first-order valence-corrected chi connectivity index (χ1v) is 13.1. The van der Waals surface area contributed by atoms with Crippen LogP contribution in [-0.2, 0) is 19.3 Å². The standard InChI is InChI=1S/C24H42O4S/c1-3-4-5-6-7-8-9-10-11-12-13-14-15-17-20-23(2)27-28-29(25,26)24-21-18-16-19-22-24/h16,18-19,21-23H,3-15,17,20H2,1-2H3. The highest BCUT2D eigenvalue weighted by Crippen LogP contribution is 2.16. The van der Waals surface area contributed by atoms with Gasteiger partial charge in [0.15, 0.2) is 0 Å². The molecule has 0 spiro atoms. The maximum atomic E-state index is 12.0. The van der Waals surface area contributed by atoms with Crippen LogP contribution in [0.5, 0.6) is 0 Å². The molecule has 1 rings (SSSR count). The molecule has 0 radical (unpaired) electrons.